The predicted molar refractivity (Wildman–Crippen MR) is 77.5 cm³/mol. The third-order valence-electron chi connectivity index (χ3n) is 4.00. The third-order valence-corrected chi connectivity index (χ3v) is 4.00. The second kappa shape index (κ2) is 8.20. The van der Waals surface area contributed by atoms with Crippen molar-refractivity contribution < 1.29 is 9.47 Å². The van der Waals surface area contributed by atoms with Crippen molar-refractivity contribution >= 4 is 0 Å². The Hall–Kier alpha value is -0.160. The molecule has 112 valence electrons. The van der Waals surface area contributed by atoms with Gasteiger partial charge in [0.15, 0.2) is 0 Å². The van der Waals surface area contributed by atoms with Gasteiger partial charge in [0, 0.05) is 26.2 Å². The van der Waals surface area contributed by atoms with Gasteiger partial charge >= 0.3 is 0 Å². The number of nitrogens with one attached hydrogen (secondary N) is 1. The average molecular weight is 270 g/mol. The molecule has 1 saturated heterocycles. The first-order valence-electron chi connectivity index (χ1n) is 7.90. The predicted octanol–water partition coefficient (Wildman–Crippen LogP) is 1.50. The molecule has 4 nitrogen and oxygen atoms in total. The normalized spacial score (nSPS) is 27.3. The highest BCUT2D eigenvalue weighted by atomic mass is 16.5. The van der Waals surface area contributed by atoms with Crippen molar-refractivity contribution in [3.05, 3.63) is 0 Å². The van der Waals surface area contributed by atoms with E-state index in [1.165, 1.54) is 25.7 Å². The largest absolute Gasteiger partial charge is 0.380 e. The van der Waals surface area contributed by atoms with Crippen molar-refractivity contribution in [2.75, 3.05) is 46.4 Å². The number of likely N-dealkylation sites (N-methyl/N-ethyl adjacent to an activating group) is 2. The maximum absolute atomic E-state index is 6.04. The summed E-state index contributed by atoms with van der Waals surface area (Å²) in [6, 6.07) is 0. The molecule has 0 aromatic rings. The first-order valence-corrected chi connectivity index (χ1v) is 7.90. The zero-order valence-electron chi connectivity index (χ0n) is 12.6. The van der Waals surface area contributed by atoms with Crippen LogP contribution >= 0.6 is 0 Å². The van der Waals surface area contributed by atoms with E-state index in [9.17, 15) is 0 Å². The quantitative estimate of drug-likeness (QED) is 0.610. The Morgan fingerprint density at radius 2 is 2.00 bits per heavy atom. The molecule has 1 N–H and O–H groups in total. The fourth-order valence-corrected chi connectivity index (χ4v) is 2.56. The lowest BCUT2D eigenvalue weighted by atomic mass is 10.2. The molecule has 4 heteroatoms. The standard InChI is InChI=1S/C15H30N2O2/c1-3-16-10-14-6-7-15(19-14)11-17(2)8-9-18-12-13-4-5-13/h13-16H,3-12H2,1-2H3. The van der Waals surface area contributed by atoms with E-state index in [1.54, 1.807) is 0 Å². The minimum atomic E-state index is 0.414. The summed E-state index contributed by atoms with van der Waals surface area (Å²) in [6.07, 6.45) is 5.98. The van der Waals surface area contributed by atoms with Gasteiger partial charge < -0.3 is 19.7 Å². The van der Waals surface area contributed by atoms with Crippen LogP contribution in [-0.4, -0.2) is 63.5 Å². The molecule has 0 radical (unpaired) electrons. The van der Waals surface area contributed by atoms with Crippen molar-refractivity contribution in [1.82, 2.24) is 10.2 Å². The van der Waals surface area contributed by atoms with Crippen molar-refractivity contribution in [2.45, 2.75) is 44.8 Å². The summed E-state index contributed by atoms with van der Waals surface area (Å²) >= 11 is 0. The zero-order valence-corrected chi connectivity index (χ0v) is 12.6. The van der Waals surface area contributed by atoms with Crippen LogP contribution in [0.2, 0.25) is 0 Å². The molecule has 2 unspecified atom stereocenters. The van der Waals surface area contributed by atoms with Crippen LogP contribution in [0.1, 0.15) is 32.6 Å². The molecule has 0 amide bonds. The molecule has 1 aliphatic heterocycles. The highest BCUT2D eigenvalue weighted by molar-refractivity contribution is 4.77. The van der Waals surface area contributed by atoms with E-state index in [4.69, 9.17) is 9.47 Å². The van der Waals surface area contributed by atoms with E-state index in [2.05, 4.69) is 24.2 Å². The number of hydrogen-bond acceptors (Lipinski definition) is 4. The second-order valence-electron chi connectivity index (χ2n) is 6.05. The molecule has 0 aromatic carbocycles. The Morgan fingerprint density at radius 3 is 2.74 bits per heavy atom. The number of ether oxygens (including phenoxy) is 2. The topological polar surface area (TPSA) is 33.7 Å². The van der Waals surface area contributed by atoms with E-state index in [0.717, 1.165) is 45.3 Å². The maximum atomic E-state index is 6.04. The van der Waals surface area contributed by atoms with Crippen molar-refractivity contribution in [1.29, 1.82) is 0 Å². The van der Waals surface area contributed by atoms with Crippen molar-refractivity contribution in [3.8, 4) is 0 Å². The lowest BCUT2D eigenvalue weighted by molar-refractivity contribution is 0.0216. The highest BCUT2D eigenvalue weighted by Gasteiger charge is 2.25. The van der Waals surface area contributed by atoms with Gasteiger partial charge in [-0.2, -0.15) is 0 Å². The summed E-state index contributed by atoms with van der Waals surface area (Å²) in [5, 5.41) is 3.36. The van der Waals surface area contributed by atoms with Crippen molar-refractivity contribution in [3.63, 3.8) is 0 Å². The molecule has 0 bridgehead atoms. The Bertz CT molecular complexity index is 246. The summed E-state index contributed by atoms with van der Waals surface area (Å²) < 4.78 is 11.7. The van der Waals surface area contributed by atoms with Crippen molar-refractivity contribution in [2.24, 2.45) is 5.92 Å². The van der Waals surface area contributed by atoms with Gasteiger partial charge in [0.25, 0.3) is 0 Å². The molecule has 2 aliphatic rings. The molecule has 0 spiro atoms. The van der Waals surface area contributed by atoms with Gasteiger partial charge in [0.2, 0.25) is 0 Å². The summed E-state index contributed by atoms with van der Waals surface area (Å²) in [6.45, 7) is 8.06. The lowest BCUT2D eigenvalue weighted by Crippen LogP contribution is -2.33. The van der Waals surface area contributed by atoms with E-state index >= 15 is 0 Å². The monoisotopic (exact) mass is 270 g/mol. The molecule has 2 rings (SSSR count). The Morgan fingerprint density at radius 1 is 1.21 bits per heavy atom. The fraction of sp³-hybridized carbons (Fsp3) is 1.00. The summed E-state index contributed by atoms with van der Waals surface area (Å²) in [5.74, 6) is 0.871. The van der Waals surface area contributed by atoms with Gasteiger partial charge in [0.1, 0.15) is 0 Å². The van der Waals surface area contributed by atoms with Crippen LogP contribution in [-0.2, 0) is 9.47 Å². The molecule has 1 heterocycles. The summed E-state index contributed by atoms with van der Waals surface area (Å²) in [4.78, 5) is 2.34. The molecular formula is C15H30N2O2. The van der Waals surface area contributed by atoms with Crippen LogP contribution in [0.5, 0.6) is 0 Å². The van der Waals surface area contributed by atoms with Crippen LogP contribution in [0.4, 0.5) is 0 Å². The third kappa shape index (κ3) is 6.21. The zero-order chi connectivity index (χ0) is 13.5. The molecule has 19 heavy (non-hydrogen) atoms. The smallest absolute Gasteiger partial charge is 0.0707 e. The highest BCUT2D eigenvalue weighted by Crippen LogP contribution is 2.28. The Kier molecular flexibility index (Phi) is 6.57. The molecule has 1 saturated carbocycles. The molecule has 1 aliphatic carbocycles. The SMILES string of the molecule is CCNCC1CCC(CN(C)CCOCC2CC2)O1. The van der Waals surface area contributed by atoms with Crippen LogP contribution in [0.15, 0.2) is 0 Å². The molecule has 0 aromatic heterocycles. The Balaban J connectivity index is 1.48. The van der Waals surface area contributed by atoms with Gasteiger partial charge in [-0.1, -0.05) is 6.92 Å². The maximum Gasteiger partial charge on any atom is 0.0707 e. The van der Waals surface area contributed by atoms with E-state index in [0.29, 0.717) is 12.2 Å². The lowest BCUT2D eigenvalue weighted by Gasteiger charge is -2.21. The average Bonchev–Trinajstić information content (AvgIpc) is 3.12. The molecule has 2 atom stereocenters. The van der Waals surface area contributed by atoms with E-state index < -0.39 is 0 Å². The van der Waals surface area contributed by atoms with Crippen LogP contribution in [0.3, 0.4) is 0 Å². The number of hydrogen-bond donors (Lipinski definition) is 1. The minimum absolute atomic E-state index is 0.414. The molecule has 2 fully saturated rings. The number of nitrogens with zero attached hydrogens (tertiary/aromatic N) is 1. The summed E-state index contributed by atoms with van der Waals surface area (Å²) in [5.41, 5.74) is 0. The van der Waals surface area contributed by atoms with Gasteiger partial charge in [-0.05, 0) is 45.2 Å². The van der Waals surface area contributed by atoms with Gasteiger partial charge in [-0.25, -0.2) is 0 Å². The van der Waals surface area contributed by atoms with Crippen LogP contribution in [0, 0.1) is 5.92 Å². The van der Waals surface area contributed by atoms with E-state index in [-0.39, 0.29) is 0 Å². The van der Waals surface area contributed by atoms with Crippen LogP contribution < -0.4 is 5.32 Å². The number of rotatable bonds is 10. The fourth-order valence-electron chi connectivity index (χ4n) is 2.56. The first kappa shape index (κ1) is 15.2. The van der Waals surface area contributed by atoms with Crippen LogP contribution in [0.25, 0.3) is 0 Å². The first-order chi connectivity index (χ1) is 9.28. The minimum Gasteiger partial charge on any atom is -0.380 e. The second-order valence-corrected chi connectivity index (χ2v) is 6.05. The van der Waals surface area contributed by atoms with E-state index in [1.807, 2.05) is 0 Å². The van der Waals surface area contributed by atoms with Gasteiger partial charge in [-0.15, -0.1) is 0 Å². The Labute approximate surface area is 117 Å². The molecular weight excluding hydrogens is 240 g/mol. The van der Waals surface area contributed by atoms with Gasteiger partial charge in [0.05, 0.1) is 18.8 Å². The summed E-state index contributed by atoms with van der Waals surface area (Å²) in [7, 11) is 2.17. The van der Waals surface area contributed by atoms with Gasteiger partial charge in [-0.3, -0.25) is 0 Å².